The average Bonchev–Trinajstić information content (AvgIpc) is 3.68. The van der Waals surface area contributed by atoms with Crippen LogP contribution in [0.3, 0.4) is 0 Å². The first kappa shape index (κ1) is 24.2. The van der Waals surface area contributed by atoms with Gasteiger partial charge in [0.25, 0.3) is 0 Å². The molecule has 3 atom stereocenters. The maximum Gasteiger partial charge on any atom is 0.232 e. The summed E-state index contributed by atoms with van der Waals surface area (Å²) in [6.45, 7) is 5.72. The van der Waals surface area contributed by atoms with E-state index in [0.717, 1.165) is 54.7 Å². The average molecular weight is 502 g/mol. The van der Waals surface area contributed by atoms with Crippen molar-refractivity contribution < 1.29 is 19.1 Å². The number of benzene rings is 2. The predicted molar refractivity (Wildman–Crippen MR) is 140 cm³/mol. The third-order valence-electron chi connectivity index (χ3n) is 8.78. The molecule has 2 aliphatic carbocycles. The van der Waals surface area contributed by atoms with Crippen LogP contribution in [0.5, 0.6) is 0 Å². The number of ketones is 1. The van der Waals surface area contributed by atoms with E-state index in [1.54, 1.807) is 0 Å². The number of Topliss-reactive ketones (excluding diaryl/α,β-unsaturated/α-hetero) is 1. The van der Waals surface area contributed by atoms with Crippen molar-refractivity contribution in [1.29, 1.82) is 0 Å². The Hall–Kier alpha value is -3.19. The first-order chi connectivity index (χ1) is 18.0. The van der Waals surface area contributed by atoms with Crippen LogP contribution in [-0.2, 0) is 37.6 Å². The quantitative estimate of drug-likeness (QED) is 0.590. The standard InChI is InChI=1S/C30H35N3O4/c1-20(22-7-8-22)33(19-21-5-3-2-4-6-21)27(34)18-25-28(35)30(31-29(25)36)12-11-23-17-24(9-10-26(23)30)32-13-15-37-16-14-32/h2-6,9-10,17,20,22,25H,7-8,11-16,18-19H2,1H3,(H,31,36)/t20-,25?,30?/m0/s1. The summed E-state index contributed by atoms with van der Waals surface area (Å²) < 4.78 is 5.48. The van der Waals surface area contributed by atoms with Crippen LogP contribution in [0.1, 0.15) is 49.3 Å². The van der Waals surface area contributed by atoms with Crippen molar-refractivity contribution in [3.8, 4) is 0 Å². The number of carbonyl (C=O) groups is 3. The Labute approximate surface area is 218 Å². The minimum atomic E-state index is -1.01. The molecule has 2 saturated heterocycles. The number of carbonyl (C=O) groups excluding carboxylic acids is 3. The maximum atomic E-state index is 13.8. The minimum Gasteiger partial charge on any atom is -0.378 e. The van der Waals surface area contributed by atoms with Crippen LogP contribution in [0.15, 0.2) is 48.5 Å². The Morgan fingerprint density at radius 3 is 2.62 bits per heavy atom. The van der Waals surface area contributed by atoms with Crippen LogP contribution < -0.4 is 10.2 Å². The van der Waals surface area contributed by atoms with Crippen molar-refractivity contribution in [2.24, 2.45) is 11.8 Å². The van der Waals surface area contributed by atoms with Gasteiger partial charge in [-0.3, -0.25) is 14.4 Å². The first-order valence-electron chi connectivity index (χ1n) is 13.6. The molecular formula is C30H35N3O4. The Morgan fingerprint density at radius 2 is 1.89 bits per heavy atom. The van der Waals surface area contributed by atoms with Crippen molar-refractivity contribution >= 4 is 23.3 Å². The van der Waals surface area contributed by atoms with E-state index < -0.39 is 11.5 Å². The van der Waals surface area contributed by atoms with Gasteiger partial charge >= 0.3 is 0 Å². The Morgan fingerprint density at radius 1 is 1.14 bits per heavy atom. The van der Waals surface area contributed by atoms with Crippen molar-refractivity contribution in [2.75, 3.05) is 31.2 Å². The monoisotopic (exact) mass is 501 g/mol. The molecule has 194 valence electrons. The third-order valence-corrected chi connectivity index (χ3v) is 8.78. The SMILES string of the molecule is C[C@@H](C1CC1)N(Cc1ccccc1)C(=O)CC1C(=O)NC2(CCc3cc(N4CCOCC4)ccc32)C1=O. The Balaban J connectivity index is 1.21. The number of ether oxygens (including phenoxy) is 1. The number of morpholine rings is 1. The number of fused-ring (bicyclic) bond motifs is 2. The number of anilines is 1. The van der Waals surface area contributed by atoms with Gasteiger partial charge in [0, 0.05) is 37.8 Å². The van der Waals surface area contributed by atoms with Gasteiger partial charge in [0.2, 0.25) is 11.8 Å². The predicted octanol–water partition coefficient (Wildman–Crippen LogP) is 3.20. The highest BCUT2D eigenvalue weighted by Crippen LogP contribution is 2.45. The van der Waals surface area contributed by atoms with E-state index in [1.165, 1.54) is 0 Å². The van der Waals surface area contributed by atoms with E-state index in [1.807, 2.05) is 47.4 Å². The van der Waals surface area contributed by atoms with Gasteiger partial charge < -0.3 is 19.9 Å². The summed E-state index contributed by atoms with van der Waals surface area (Å²) in [5.41, 5.74) is 3.19. The maximum absolute atomic E-state index is 13.8. The molecule has 2 amide bonds. The largest absolute Gasteiger partial charge is 0.378 e. The van der Waals surface area contributed by atoms with E-state index in [4.69, 9.17) is 4.74 Å². The van der Waals surface area contributed by atoms with Gasteiger partial charge in [-0.05, 0) is 67.3 Å². The topological polar surface area (TPSA) is 79.0 Å². The Bertz CT molecular complexity index is 1200. The normalized spacial score (nSPS) is 25.8. The van der Waals surface area contributed by atoms with Crippen LogP contribution in [0.4, 0.5) is 5.69 Å². The van der Waals surface area contributed by atoms with Crippen molar-refractivity contribution in [3.05, 3.63) is 65.2 Å². The van der Waals surface area contributed by atoms with Crippen LogP contribution >= 0.6 is 0 Å². The number of amides is 2. The van der Waals surface area contributed by atoms with Crippen LogP contribution in [-0.4, -0.2) is 54.8 Å². The highest BCUT2D eigenvalue weighted by molar-refractivity contribution is 6.15. The van der Waals surface area contributed by atoms with E-state index in [9.17, 15) is 14.4 Å². The van der Waals surface area contributed by atoms with Crippen LogP contribution in [0.2, 0.25) is 0 Å². The van der Waals surface area contributed by atoms with E-state index >= 15 is 0 Å². The van der Waals surface area contributed by atoms with Crippen molar-refractivity contribution in [1.82, 2.24) is 10.2 Å². The summed E-state index contributed by atoms with van der Waals surface area (Å²) in [6, 6.07) is 16.2. The molecule has 2 aromatic rings. The van der Waals surface area contributed by atoms with Gasteiger partial charge in [0.1, 0.15) is 11.5 Å². The summed E-state index contributed by atoms with van der Waals surface area (Å²) in [5, 5.41) is 3.05. The molecule has 0 aromatic heterocycles. The van der Waals surface area contributed by atoms with Gasteiger partial charge in [-0.25, -0.2) is 0 Å². The lowest BCUT2D eigenvalue weighted by molar-refractivity contribution is -0.140. The summed E-state index contributed by atoms with van der Waals surface area (Å²) in [6.07, 6.45) is 3.46. The van der Waals surface area contributed by atoms with Gasteiger partial charge in [-0.15, -0.1) is 0 Å². The van der Waals surface area contributed by atoms with Crippen LogP contribution in [0, 0.1) is 11.8 Å². The zero-order valence-electron chi connectivity index (χ0n) is 21.4. The van der Waals surface area contributed by atoms with Gasteiger partial charge in [0.15, 0.2) is 5.78 Å². The number of hydrogen-bond acceptors (Lipinski definition) is 5. The molecule has 2 heterocycles. The molecular weight excluding hydrogens is 466 g/mol. The first-order valence-corrected chi connectivity index (χ1v) is 13.6. The molecule has 1 spiro atoms. The second-order valence-electron chi connectivity index (χ2n) is 11.0. The number of aryl methyl sites for hydroxylation is 1. The smallest absolute Gasteiger partial charge is 0.232 e. The molecule has 3 fully saturated rings. The highest BCUT2D eigenvalue weighted by Gasteiger charge is 2.56. The second-order valence-corrected chi connectivity index (χ2v) is 11.0. The lowest BCUT2D eigenvalue weighted by atomic mass is 9.84. The van der Waals surface area contributed by atoms with Crippen molar-refractivity contribution in [3.63, 3.8) is 0 Å². The minimum absolute atomic E-state index is 0.0719. The fraction of sp³-hybridized carbons (Fsp3) is 0.500. The highest BCUT2D eigenvalue weighted by atomic mass is 16.5. The van der Waals surface area contributed by atoms with E-state index in [2.05, 4.69) is 23.2 Å². The molecule has 1 N–H and O–H groups in total. The molecule has 0 bridgehead atoms. The fourth-order valence-electron chi connectivity index (χ4n) is 6.39. The van der Waals surface area contributed by atoms with Crippen molar-refractivity contribution in [2.45, 2.75) is 57.2 Å². The molecule has 37 heavy (non-hydrogen) atoms. The third kappa shape index (κ3) is 4.43. The summed E-state index contributed by atoms with van der Waals surface area (Å²) >= 11 is 0. The second kappa shape index (κ2) is 9.60. The summed E-state index contributed by atoms with van der Waals surface area (Å²) in [7, 11) is 0. The lowest BCUT2D eigenvalue weighted by Crippen LogP contribution is -2.42. The number of nitrogens with one attached hydrogen (secondary N) is 1. The zero-order chi connectivity index (χ0) is 25.6. The molecule has 1 saturated carbocycles. The Kier molecular flexibility index (Phi) is 6.27. The number of rotatable bonds is 7. The fourth-order valence-corrected chi connectivity index (χ4v) is 6.39. The lowest BCUT2D eigenvalue weighted by Gasteiger charge is -2.30. The number of hydrogen-bond donors (Lipinski definition) is 1. The zero-order valence-corrected chi connectivity index (χ0v) is 21.4. The van der Waals surface area contributed by atoms with E-state index in [0.29, 0.717) is 32.1 Å². The van der Waals surface area contributed by atoms with Gasteiger partial charge in [-0.1, -0.05) is 36.4 Å². The van der Waals surface area contributed by atoms with Gasteiger partial charge in [0.05, 0.1) is 13.2 Å². The van der Waals surface area contributed by atoms with E-state index in [-0.39, 0.29) is 30.1 Å². The van der Waals surface area contributed by atoms with Gasteiger partial charge in [-0.2, -0.15) is 0 Å². The molecule has 2 unspecified atom stereocenters. The molecule has 2 aromatic carbocycles. The molecule has 0 radical (unpaired) electrons. The molecule has 4 aliphatic rings. The number of nitrogens with zero attached hydrogens (tertiary/aromatic N) is 2. The molecule has 2 aliphatic heterocycles. The summed E-state index contributed by atoms with van der Waals surface area (Å²) in [5.74, 6) is -1.03. The molecule has 6 rings (SSSR count). The molecule has 7 nitrogen and oxygen atoms in total. The summed E-state index contributed by atoms with van der Waals surface area (Å²) in [4.78, 5) is 44.8. The molecule has 7 heteroatoms. The van der Waals surface area contributed by atoms with Crippen LogP contribution in [0.25, 0.3) is 0 Å².